The fourth-order valence-corrected chi connectivity index (χ4v) is 3.81. The van der Waals surface area contributed by atoms with Gasteiger partial charge >= 0.3 is 0 Å². The van der Waals surface area contributed by atoms with Gasteiger partial charge in [0.15, 0.2) is 0 Å². The van der Waals surface area contributed by atoms with Crippen LogP contribution >= 0.6 is 0 Å². The Kier molecular flexibility index (Phi) is 3.93. The van der Waals surface area contributed by atoms with E-state index in [9.17, 15) is 12.8 Å². The molecule has 0 radical (unpaired) electrons. The number of halogens is 1. The van der Waals surface area contributed by atoms with E-state index in [0.29, 0.717) is 16.9 Å². The Morgan fingerprint density at radius 2 is 1.77 bits per heavy atom. The standard InChI is InChI=1S/C19H14FN3O2S/c20-14-6-5-7-15(12-14)26(24,25)22-17-9-2-1-8-16(17)18-13-23-11-4-3-10-19(23)21-18/h1-13,22H. The lowest BCUT2D eigenvalue weighted by Crippen LogP contribution is -2.13. The summed E-state index contributed by atoms with van der Waals surface area (Å²) in [5, 5.41) is 0. The van der Waals surface area contributed by atoms with Gasteiger partial charge in [0.05, 0.1) is 16.3 Å². The number of hydrogen-bond acceptors (Lipinski definition) is 3. The Labute approximate surface area is 149 Å². The van der Waals surface area contributed by atoms with Crippen LogP contribution in [-0.4, -0.2) is 17.8 Å². The van der Waals surface area contributed by atoms with Crippen molar-refractivity contribution in [3.8, 4) is 11.3 Å². The molecule has 2 aromatic carbocycles. The van der Waals surface area contributed by atoms with Crippen molar-refractivity contribution in [2.45, 2.75) is 4.90 Å². The molecule has 0 unspecified atom stereocenters. The van der Waals surface area contributed by atoms with Gasteiger partial charge in [0.2, 0.25) is 0 Å². The van der Waals surface area contributed by atoms with Gasteiger partial charge in [-0.05, 0) is 36.4 Å². The van der Waals surface area contributed by atoms with Crippen LogP contribution in [0.25, 0.3) is 16.9 Å². The summed E-state index contributed by atoms with van der Waals surface area (Å²) >= 11 is 0. The number of nitrogens with one attached hydrogen (secondary N) is 1. The number of imidazole rings is 1. The Hall–Kier alpha value is -3.19. The Morgan fingerprint density at radius 3 is 2.58 bits per heavy atom. The molecule has 2 heterocycles. The van der Waals surface area contributed by atoms with E-state index < -0.39 is 15.8 Å². The molecule has 5 nitrogen and oxygen atoms in total. The monoisotopic (exact) mass is 367 g/mol. The van der Waals surface area contributed by atoms with Crippen molar-refractivity contribution in [1.82, 2.24) is 9.38 Å². The zero-order valence-corrected chi connectivity index (χ0v) is 14.3. The summed E-state index contributed by atoms with van der Waals surface area (Å²) in [5.41, 5.74) is 2.40. The van der Waals surface area contributed by atoms with Gasteiger partial charge in [-0.1, -0.05) is 30.3 Å². The highest BCUT2D eigenvalue weighted by molar-refractivity contribution is 7.92. The average Bonchev–Trinajstić information content (AvgIpc) is 3.06. The normalized spacial score (nSPS) is 11.6. The second-order valence-corrected chi connectivity index (χ2v) is 7.38. The lowest BCUT2D eigenvalue weighted by molar-refractivity contribution is 0.595. The molecule has 0 fully saturated rings. The average molecular weight is 367 g/mol. The third-order valence-corrected chi connectivity index (χ3v) is 5.28. The zero-order valence-electron chi connectivity index (χ0n) is 13.5. The molecule has 26 heavy (non-hydrogen) atoms. The predicted molar refractivity (Wildman–Crippen MR) is 97.8 cm³/mol. The van der Waals surface area contributed by atoms with Crippen LogP contribution in [0.2, 0.25) is 0 Å². The Morgan fingerprint density at radius 1 is 0.962 bits per heavy atom. The predicted octanol–water partition coefficient (Wildman–Crippen LogP) is 3.94. The van der Waals surface area contributed by atoms with Crippen LogP contribution < -0.4 is 4.72 Å². The molecule has 0 atom stereocenters. The number of rotatable bonds is 4. The molecule has 0 aliphatic heterocycles. The number of anilines is 1. The minimum atomic E-state index is -3.92. The van der Waals surface area contributed by atoms with Crippen molar-refractivity contribution < 1.29 is 12.8 Å². The molecule has 2 aromatic heterocycles. The SMILES string of the molecule is O=S(=O)(Nc1ccccc1-c1cn2ccccc2n1)c1cccc(F)c1. The van der Waals surface area contributed by atoms with Crippen molar-refractivity contribution in [3.05, 3.63) is 84.9 Å². The van der Waals surface area contributed by atoms with Gasteiger partial charge < -0.3 is 4.40 Å². The molecule has 1 N–H and O–H groups in total. The van der Waals surface area contributed by atoms with Gasteiger partial charge in [-0.3, -0.25) is 4.72 Å². The lowest BCUT2D eigenvalue weighted by Gasteiger charge is -2.11. The van der Waals surface area contributed by atoms with E-state index in [1.807, 2.05) is 35.0 Å². The molecule has 0 aliphatic carbocycles. The number of benzene rings is 2. The maximum absolute atomic E-state index is 13.4. The summed E-state index contributed by atoms with van der Waals surface area (Å²) in [5.74, 6) is -0.610. The first kappa shape index (κ1) is 16.3. The molecular formula is C19H14FN3O2S. The number of pyridine rings is 1. The van der Waals surface area contributed by atoms with Gasteiger partial charge in [-0.2, -0.15) is 0 Å². The number of aromatic nitrogens is 2. The first-order valence-corrected chi connectivity index (χ1v) is 9.33. The van der Waals surface area contributed by atoms with Gasteiger partial charge in [0.1, 0.15) is 11.5 Å². The molecule has 4 aromatic rings. The van der Waals surface area contributed by atoms with E-state index in [2.05, 4.69) is 9.71 Å². The molecule has 0 spiro atoms. The summed E-state index contributed by atoms with van der Waals surface area (Å²) < 4.78 is 43.0. The fourth-order valence-electron chi connectivity index (χ4n) is 2.70. The van der Waals surface area contributed by atoms with E-state index in [1.165, 1.54) is 18.2 Å². The van der Waals surface area contributed by atoms with Gasteiger partial charge in [-0.15, -0.1) is 0 Å². The topological polar surface area (TPSA) is 63.5 Å². The van der Waals surface area contributed by atoms with Gasteiger partial charge in [-0.25, -0.2) is 17.8 Å². The highest BCUT2D eigenvalue weighted by atomic mass is 32.2. The second-order valence-electron chi connectivity index (χ2n) is 5.70. The van der Waals surface area contributed by atoms with Crippen LogP contribution in [0.4, 0.5) is 10.1 Å². The van der Waals surface area contributed by atoms with E-state index >= 15 is 0 Å². The van der Waals surface area contributed by atoms with E-state index in [4.69, 9.17) is 0 Å². The first-order chi connectivity index (χ1) is 12.5. The number of fused-ring (bicyclic) bond motifs is 1. The minimum absolute atomic E-state index is 0.137. The smallest absolute Gasteiger partial charge is 0.262 e. The Bertz CT molecular complexity index is 1170. The van der Waals surface area contributed by atoms with Crippen LogP contribution in [0.1, 0.15) is 0 Å². The van der Waals surface area contributed by atoms with Gasteiger partial charge in [0.25, 0.3) is 10.0 Å². The van der Waals surface area contributed by atoms with Crippen molar-refractivity contribution in [2.75, 3.05) is 4.72 Å². The maximum atomic E-state index is 13.4. The number of nitrogens with zero attached hydrogens (tertiary/aromatic N) is 2. The van der Waals surface area contributed by atoms with Crippen molar-refractivity contribution in [1.29, 1.82) is 0 Å². The van der Waals surface area contributed by atoms with Crippen LogP contribution in [0, 0.1) is 5.82 Å². The fraction of sp³-hybridized carbons (Fsp3) is 0. The van der Waals surface area contributed by atoms with Crippen molar-refractivity contribution >= 4 is 21.4 Å². The Balaban J connectivity index is 1.76. The van der Waals surface area contributed by atoms with E-state index in [-0.39, 0.29) is 4.90 Å². The first-order valence-electron chi connectivity index (χ1n) is 7.84. The minimum Gasteiger partial charge on any atom is -0.306 e. The quantitative estimate of drug-likeness (QED) is 0.594. The largest absolute Gasteiger partial charge is 0.306 e. The van der Waals surface area contributed by atoms with Crippen LogP contribution in [0.15, 0.2) is 84.0 Å². The van der Waals surface area contributed by atoms with Crippen molar-refractivity contribution in [3.63, 3.8) is 0 Å². The molecule has 130 valence electrons. The highest BCUT2D eigenvalue weighted by Gasteiger charge is 2.18. The van der Waals surface area contributed by atoms with E-state index in [1.54, 1.807) is 24.3 Å². The molecule has 0 bridgehead atoms. The molecule has 0 amide bonds. The van der Waals surface area contributed by atoms with Crippen LogP contribution in [-0.2, 0) is 10.0 Å². The molecular weight excluding hydrogens is 353 g/mol. The van der Waals surface area contributed by atoms with E-state index in [0.717, 1.165) is 11.7 Å². The molecule has 0 saturated carbocycles. The number of para-hydroxylation sites is 1. The van der Waals surface area contributed by atoms with Gasteiger partial charge in [0, 0.05) is 18.0 Å². The summed E-state index contributed by atoms with van der Waals surface area (Å²) in [4.78, 5) is 4.39. The third-order valence-electron chi connectivity index (χ3n) is 3.92. The maximum Gasteiger partial charge on any atom is 0.262 e. The summed E-state index contributed by atoms with van der Waals surface area (Å²) in [6.07, 6.45) is 3.69. The molecule has 0 saturated heterocycles. The van der Waals surface area contributed by atoms with Crippen LogP contribution in [0.3, 0.4) is 0 Å². The molecule has 0 aliphatic rings. The third kappa shape index (κ3) is 3.04. The second kappa shape index (κ2) is 6.27. The highest BCUT2D eigenvalue weighted by Crippen LogP contribution is 2.29. The number of hydrogen-bond donors (Lipinski definition) is 1. The van der Waals surface area contributed by atoms with Crippen LogP contribution in [0.5, 0.6) is 0 Å². The van der Waals surface area contributed by atoms with Crippen molar-refractivity contribution in [2.24, 2.45) is 0 Å². The molecule has 7 heteroatoms. The lowest BCUT2D eigenvalue weighted by atomic mass is 10.1. The summed E-state index contributed by atoms with van der Waals surface area (Å²) in [7, 11) is -3.92. The molecule has 4 rings (SSSR count). The summed E-state index contributed by atoms with van der Waals surface area (Å²) in [6.45, 7) is 0. The zero-order chi connectivity index (χ0) is 18.1. The number of sulfonamides is 1. The summed E-state index contributed by atoms with van der Waals surface area (Å²) in [6, 6.07) is 17.5.